The standard InChI is InChI=1S/C35H37F6NO4.C31H29F6NO3/c1-7-32(8-2,28-13-14-29(24(5)19-28)30-15-10-25(21-42-30)20-31(43)45-9-3)27-12-11-26(23(4)18-27)16-17-33(34(36,37)38,35(39,40)41)46-22-44-6;1-5-28(6-2,24-10-11-25(20(4)16-24)26-12-7-21(18-38-26)17-27(39)40)23-9-8-22(19(3)15-23)13-14-29(41,30(32,33)34)31(35,36)37/h10-15,18-19,21H,7-9,20,22H2,1-6H3;7-12,15-16,18,41H,5-6,17H2,1-4H3,(H,39,40). The number of rotatable bonds is 18. The van der Waals surface area contributed by atoms with Gasteiger partial charge in [0.1, 0.15) is 6.79 Å². The highest BCUT2D eigenvalue weighted by Gasteiger charge is 2.73. The van der Waals surface area contributed by atoms with Gasteiger partial charge < -0.3 is 24.4 Å². The van der Waals surface area contributed by atoms with Crippen LogP contribution in [0.25, 0.3) is 22.5 Å². The molecule has 6 aromatic rings. The van der Waals surface area contributed by atoms with Crippen molar-refractivity contribution in [2.75, 3.05) is 20.5 Å². The molecule has 0 amide bonds. The molecule has 0 saturated heterocycles. The minimum absolute atomic E-state index is 0.00718. The highest BCUT2D eigenvalue weighted by atomic mass is 19.4. The lowest BCUT2D eigenvalue weighted by atomic mass is 9.69. The van der Waals surface area contributed by atoms with Crippen molar-refractivity contribution >= 4 is 11.9 Å². The number of hydrogen-bond acceptors (Lipinski definition) is 8. The topological polar surface area (TPSA) is 128 Å². The van der Waals surface area contributed by atoms with Gasteiger partial charge in [-0.05, 0) is 152 Å². The van der Waals surface area contributed by atoms with E-state index < -0.39 is 59.5 Å². The normalized spacial score (nSPS) is 12.5. The quantitative estimate of drug-likeness (QED) is 0.0374. The first-order valence-electron chi connectivity index (χ1n) is 27.5. The van der Waals surface area contributed by atoms with Crippen LogP contribution in [0.5, 0.6) is 0 Å². The zero-order valence-electron chi connectivity index (χ0n) is 49.4. The third-order valence-electron chi connectivity index (χ3n) is 15.5. The lowest BCUT2D eigenvalue weighted by Gasteiger charge is -2.34. The maximum atomic E-state index is 13.7. The van der Waals surface area contributed by atoms with Gasteiger partial charge in [-0.25, -0.2) is 0 Å². The SMILES string of the molecule is CCC(CC)(c1ccc(C#CC(O)(C(F)(F)F)C(F)(F)F)c(C)c1)c1ccc(-c2ccc(CC(=O)O)cn2)c(C)c1.CCOC(=O)Cc1ccc(-c2ccc(C(CC)(CC)c3ccc(C#CC(OCOC)(C(F)(F)F)C(F)(F)F)c(C)c3)cc2C)nc1. The number of aliphatic carboxylic acids is 1. The number of carboxylic acids is 1. The summed E-state index contributed by atoms with van der Waals surface area (Å²) in [6.07, 6.45) is -18.0. The van der Waals surface area contributed by atoms with Gasteiger partial charge in [-0.2, -0.15) is 52.7 Å². The molecule has 6 rings (SSSR count). The van der Waals surface area contributed by atoms with E-state index in [1.54, 1.807) is 56.4 Å². The van der Waals surface area contributed by atoms with Crippen molar-refractivity contribution in [2.24, 2.45) is 0 Å². The summed E-state index contributed by atoms with van der Waals surface area (Å²) < 4.78 is 174. The Bertz CT molecular complexity index is 3480. The number of halogens is 12. The van der Waals surface area contributed by atoms with Crippen molar-refractivity contribution in [1.29, 1.82) is 0 Å². The highest BCUT2D eigenvalue weighted by molar-refractivity contribution is 5.73. The van der Waals surface area contributed by atoms with Gasteiger partial charge in [0.25, 0.3) is 0 Å². The summed E-state index contributed by atoms with van der Waals surface area (Å²) in [5, 5.41) is 18.3. The van der Waals surface area contributed by atoms with Crippen molar-refractivity contribution in [3.8, 4) is 46.2 Å². The Labute approximate surface area is 497 Å². The molecule has 87 heavy (non-hydrogen) atoms. The van der Waals surface area contributed by atoms with Crippen LogP contribution < -0.4 is 0 Å². The minimum Gasteiger partial charge on any atom is -0.481 e. The molecule has 21 heteroatoms. The molecule has 0 atom stereocenters. The summed E-state index contributed by atoms with van der Waals surface area (Å²) in [5.74, 6) is 5.05. The Morgan fingerprint density at radius 3 is 1.20 bits per heavy atom. The number of hydrogen-bond donors (Lipinski definition) is 2. The third kappa shape index (κ3) is 15.3. The number of carboxylic acid groups (broad SMARTS) is 1. The molecule has 4 aromatic carbocycles. The maximum Gasteiger partial charge on any atom is 0.438 e. The predicted molar refractivity (Wildman–Crippen MR) is 304 cm³/mol. The van der Waals surface area contributed by atoms with Crippen molar-refractivity contribution in [3.05, 3.63) is 176 Å². The Balaban J connectivity index is 0.000000319. The van der Waals surface area contributed by atoms with Gasteiger partial charge in [0, 0.05) is 52.6 Å². The smallest absolute Gasteiger partial charge is 0.438 e. The number of aromatic nitrogens is 2. The van der Waals surface area contributed by atoms with Crippen LogP contribution in [0.15, 0.2) is 109 Å². The number of methoxy groups -OCH3 is 1. The lowest BCUT2D eigenvalue weighted by Crippen LogP contribution is -2.58. The highest BCUT2D eigenvalue weighted by Crippen LogP contribution is 2.47. The molecule has 0 aliphatic heterocycles. The van der Waals surface area contributed by atoms with Crippen molar-refractivity contribution < 1.29 is 86.7 Å². The van der Waals surface area contributed by atoms with Gasteiger partial charge in [0.2, 0.25) is 0 Å². The van der Waals surface area contributed by atoms with Crippen molar-refractivity contribution in [2.45, 2.75) is 148 Å². The monoisotopic (exact) mass is 1230 g/mol. The number of pyridine rings is 2. The zero-order valence-corrected chi connectivity index (χ0v) is 49.4. The number of aliphatic hydroxyl groups is 1. The van der Waals surface area contributed by atoms with Crippen LogP contribution in [0.4, 0.5) is 52.7 Å². The fourth-order valence-electron chi connectivity index (χ4n) is 10.4. The summed E-state index contributed by atoms with van der Waals surface area (Å²) in [6, 6.07) is 28.7. The van der Waals surface area contributed by atoms with E-state index >= 15 is 0 Å². The minimum atomic E-state index is -6.02. The maximum absolute atomic E-state index is 13.7. The Kier molecular flexibility index (Phi) is 22.5. The van der Waals surface area contributed by atoms with E-state index in [1.807, 2.05) is 89.9 Å². The third-order valence-corrected chi connectivity index (χ3v) is 15.5. The summed E-state index contributed by atoms with van der Waals surface area (Å²) >= 11 is 0. The number of aryl methyl sites for hydroxylation is 4. The molecule has 2 aromatic heterocycles. The molecule has 0 saturated carbocycles. The summed E-state index contributed by atoms with van der Waals surface area (Å²) in [7, 11) is 0.917. The van der Waals surface area contributed by atoms with E-state index in [-0.39, 0.29) is 29.9 Å². The molecule has 2 heterocycles. The van der Waals surface area contributed by atoms with Gasteiger partial charge in [-0.15, -0.1) is 0 Å². The van der Waals surface area contributed by atoms with Gasteiger partial charge >= 0.3 is 47.8 Å². The molecule has 2 N–H and O–H groups in total. The molecule has 0 aliphatic rings. The predicted octanol–water partition coefficient (Wildman–Crippen LogP) is 15.7. The van der Waals surface area contributed by atoms with Crippen LogP contribution >= 0.6 is 0 Å². The van der Waals surface area contributed by atoms with E-state index in [0.717, 1.165) is 68.8 Å². The largest absolute Gasteiger partial charge is 0.481 e. The second-order valence-corrected chi connectivity index (χ2v) is 20.8. The number of carbonyl (C=O) groups excluding carboxylic acids is 1. The van der Waals surface area contributed by atoms with E-state index in [4.69, 9.17) is 9.84 Å². The molecule has 0 bridgehead atoms. The van der Waals surface area contributed by atoms with E-state index in [9.17, 15) is 67.4 Å². The second-order valence-electron chi connectivity index (χ2n) is 20.8. The van der Waals surface area contributed by atoms with Crippen LogP contribution in [0.1, 0.15) is 127 Å². The molecule has 9 nitrogen and oxygen atoms in total. The first-order chi connectivity index (χ1) is 40.6. The summed E-state index contributed by atoms with van der Waals surface area (Å²) in [6.45, 7) is 15.8. The average Bonchev–Trinajstić information content (AvgIpc) is 1.46. The average molecular weight is 1230 g/mol. The van der Waals surface area contributed by atoms with Crippen molar-refractivity contribution in [1.82, 2.24) is 9.97 Å². The summed E-state index contributed by atoms with van der Waals surface area (Å²) in [4.78, 5) is 31.7. The van der Waals surface area contributed by atoms with Gasteiger partial charge in [0.15, 0.2) is 0 Å². The van der Waals surface area contributed by atoms with Crippen LogP contribution in [-0.4, -0.2) is 88.5 Å². The fraction of sp³-hybridized carbons (Fsp3) is 0.394. The van der Waals surface area contributed by atoms with Crippen LogP contribution in [0.2, 0.25) is 0 Å². The zero-order chi connectivity index (χ0) is 65.1. The first kappa shape index (κ1) is 70.0. The van der Waals surface area contributed by atoms with Crippen LogP contribution in [0, 0.1) is 51.4 Å². The van der Waals surface area contributed by atoms with Gasteiger partial charge in [-0.3, -0.25) is 19.6 Å². The molecule has 466 valence electrons. The molecular weight excluding hydrogens is 1160 g/mol. The molecule has 0 spiro atoms. The Morgan fingerprint density at radius 1 is 0.506 bits per heavy atom. The Morgan fingerprint density at radius 2 is 0.885 bits per heavy atom. The molecule has 0 fully saturated rings. The van der Waals surface area contributed by atoms with Crippen LogP contribution in [-0.2, 0) is 47.5 Å². The fourth-order valence-corrected chi connectivity index (χ4v) is 10.4. The molecule has 0 radical (unpaired) electrons. The molecule has 0 aliphatic carbocycles. The molecular formula is C66H66F12N2O7. The van der Waals surface area contributed by atoms with Gasteiger partial charge in [0.05, 0.1) is 30.8 Å². The lowest BCUT2D eigenvalue weighted by molar-refractivity contribution is -0.368. The molecule has 0 unspecified atom stereocenters. The number of alkyl halides is 12. The van der Waals surface area contributed by atoms with E-state index in [0.29, 0.717) is 54.7 Å². The van der Waals surface area contributed by atoms with Gasteiger partial charge in [-0.1, -0.05) is 112 Å². The number of carbonyl (C=O) groups is 2. The number of esters is 1. The van der Waals surface area contributed by atoms with E-state index in [1.165, 1.54) is 31.2 Å². The number of benzene rings is 4. The second kappa shape index (κ2) is 28.0. The summed E-state index contributed by atoms with van der Waals surface area (Å²) in [5.41, 5.74) is -0.144. The first-order valence-corrected chi connectivity index (χ1v) is 27.5. The van der Waals surface area contributed by atoms with Crippen molar-refractivity contribution in [3.63, 3.8) is 0 Å². The number of nitrogens with zero attached hydrogens (tertiary/aromatic N) is 2. The Hall–Kier alpha value is -7.72. The van der Waals surface area contributed by atoms with Crippen LogP contribution in [0.3, 0.4) is 0 Å². The number of ether oxygens (including phenoxy) is 3. The van der Waals surface area contributed by atoms with E-state index in [2.05, 4.69) is 31.4 Å².